The van der Waals surface area contributed by atoms with Gasteiger partial charge in [0, 0.05) is 10.6 Å². The van der Waals surface area contributed by atoms with E-state index in [0.717, 1.165) is 42.4 Å². The first kappa shape index (κ1) is 16.4. The minimum atomic E-state index is -0.0943. The zero-order chi connectivity index (χ0) is 17.4. The van der Waals surface area contributed by atoms with E-state index in [2.05, 4.69) is 31.2 Å². The molecule has 2 heteroatoms. The summed E-state index contributed by atoms with van der Waals surface area (Å²) in [6, 6.07) is 18.0. The van der Waals surface area contributed by atoms with Crippen LogP contribution in [0.15, 0.2) is 54.6 Å². The van der Waals surface area contributed by atoms with E-state index in [1.165, 1.54) is 16.7 Å². The highest BCUT2D eigenvalue weighted by atomic mass is 35.5. The summed E-state index contributed by atoms with van der Waals surface area (Å²) in [5.41, 5.74) is 7.31. The Labute approximate surface area is 153 Å². The van der Waals surface area contributed by atoms with Crippen LogP contribution in [0, 0.1) is 5.82 Å². The fourth-order valence-corrected chi connectivity index (χ4v) is 3.92. The molecule has 0 unspecified atom stereocenters. The molecule has 0 spiro atoms. The number of halogens is 2. The Balaban J connectivity index is 1.79. The summed E-state index contributed by atoms with van der Waals surface area (Å²) >= 11 is 5.95. The maximum Gasteiger partial charge on any atom is 0.134 e. The lowest BCUT2D eigenvalue weighted by Gasteiger charge is -2.22. The van der Waals surface area contributed by atoms with Gasteiger partial charge in [-0.15, -0.1) is 0 Å². The predicted molar refractivity (Wildman–Crippen MR) is 104 cm³/mol. The second-order valence-corrected chi connectivity index (χ2v) is 7.14. The van der Waals surface area contributed by atoms with Crippen LogP contribution in [-0.2, 0) is 19.3 Å². The molecule has 0 radical (unpaired) electrons. The van der Waals surface area contributed by atoms with Crippen LogP contribution in [0.2, 0.25) is 5.02 Å². The van der Waals surface area contributed by atoms with Crippen LogP contribution in [0.25, 0.3) is 22.3 Å². The van der Waals surface area contributed by atoms with Gasteiger partial charge in [-0.05, 0) is 64.8 Å². The first-order valence-electron chi connectivity index (χ1n) is 8.87. The second-order valence-electron chi connectivity index (χ2n) is 6.70. The maximum atomic E-state index is 15.2. The molecule has 4 rings (SSSR count). The van der Waals surface area contributed by atoms with Crippen LogP contribution in [0.4, 0.5) is 4.39 Å². The van der Waals surface area contributed by atoms with E-state index in [1.807, 2.05) is 18.2 Å². The topological polar surface area (TPSA) is 0 Å². The third-order valence-corrected chi connectivity index (χ3v) is 5.29. The van der Waals surface area contributed by atoms with Gasteiger partial charge in [-0.2, -0.15) is 0 Å². The zero-order valence-corrected chi connectivity index (χ0v) is 15.0. The molecule has 0 aromatic heterocycles. The standard InChI is InChI=1S/C23H20ClF/c1-2-3-15-4-10-19-17(14-15)7-11-22-21(19)13-12-20(23(22)25)16-5-8-18(24)9-6-16/h4-6,8-10,12-14H,2-3,7,11H2,1H3. The van der Waals surface area contributed by atoms with E-state index >= 15 is 4.39 Å². The summed E-state index contributed by atoms with van der Waals surface area (Å²) in [6.45, 7) is 2.20. The average molecular weight is 351 g/mol. The number of hydrogen-bond acceptors (Lipinski definition) is 0. The van der Waals surface area contributed by atoms with Crippen LogP contribution < -0.4 is 0 Å². The zero-order valence-electron chi connectivity index (χ0n) is 14.3. The molecule has 0 nitrogen and oxygen atoms in total. The molecule has 3 aromatic carbocycles. The highest BCUT2D eigenvalue weighted by Gasteiger charge is 2.21. The van der Waals surface area contributed by atoms with Gasteiger partial charge in [0.1, 0.15) is 5.82 Å². The lowest BCUT2D eigenvalue weighted by Crippen LogP contribution is -2.08. The van der Waals surface area contributed by atoms with Crippen LogP contribution >= 0.6 is 11.6 Å². The van der Waals surface area contributed by atoms with Gasteiger partial charge in [0.2, 0.25) is 0 Å². The van der Waals surface area contributed by atoms with E-state index < -0.39 is 0 Å². The maximum absolute atomic E-state index is 15.2. The Morgan fingerprint density at radius 2 is 1.60 bits per heavy atom. The lowest BCUT2D eigenvalue weighted by atomic mass is 9.82. The van der Waals surface area contributed by atoms with E-state index in [0.29, 0.717) is 10.6 Å². The molecule has 25 heavy (non-hydrogen) atoms. The summed E-state index contributed by atoms with van der Waals surface area (Å²) in [5.74, 6) is -0.0943. The van der Waals surface area contributed by atoms with Crippen molar-refractivity contribution in [2.45, 2.75) is 32.6 Å². The van der Waals surface area contributed by atoms with Crippen molar-refractivity contribution < 1.29 is 4.39 Å². The van der Waals surface area contributed by atoms with Crippen LogP contribution in [0.5, 0.6) is 0 Å². The quantitative estimate of drug-likeness (QED) is 0.483. The second kappa shape index (κ2) is 6.65. The molecule has 3 aromatic rings. The van der Waals surface area contributed by atoms with Gasteiger partial charge in [-0.25, -0.2) is 4.39 Å². The monoisotopic (exact) mass is 350 g/mol. The van der Waals surface area contributed by atoms with Crippen molar-refractivity contribution in [1.82, 2.24) is 0 Å². The number of aryl methyl sites for hydroxylation is 2. The Hall–Kier alpha value is -2.12. The first-order chi connectivity index (χ1) is 12.2. The van der Waals surface area contributed by atoms with E-state index in [4.69, 9.17) is 11.6 Å². The molecule has 0 atom stereocenters. The molecule has 0 saturated heterocycles. The molecule has 0 bridgehead atoms. The average Bonchev–Trinajstić information content (AvgIpc) is 2.63. The number of fused-ring (bicyclic) bond motifs is 3. The molecular formula is C23H20ClF. The highest BCUT2D eigenvalue weighted by molar-refractivity contribution is 6.30. The molecule has 1 aliphatic rings. The lowest BCUT2D eigenvalue weighted by molar-refractivity contribution is 0.611. The van der Waals surface area contributed by atoms with Crippen LogP contribution in [0.3, 0.4) is 0 Å². The Morgan fingerprint density at radius 1 is 0.880 bits per heavy atom. The van der Waals surface area contributed by atoms with Gasteiger partial charge < -0.3 is 0 Å². The molecule has 1 aliphatic carbocycles. The smallest absolute Gasteiger partial charge is 0.134 e. The minimum Gasteiger partial charge on any atom is -0.206 e. The molecular weight excluding hydrogens is 331 g/mol. The third kappa shape index (κ3) is 2.98. The van der Waals surface area contributed by atoms with Gasteiger partial charge in [-0.1, -0.05) is 67.4 Å². The summed E-state index contributed by atoms with van der Waals surface area (Å²) in [4.78, 5) is 0. The summed E-state index contributed by atoms with van der Waals surface area (Å²) in [5, 5.41) is 0.666. The normalized spacial score (nSPS) is 12.6. The predicted octanol–water partition coefficient (Wildman–Crippen LogP) is 6.86. The summed E-state index contributed by atoms with van der Waals surface area (Å²) in [7, 11) is 0. The van der Waals surface area contributed by atoms with Gasteiger partial charge in [0.05, 0.1) is 0 Å². The largest absolute Gasteiger partial charge is 0.206 e. The van der Waals surface area contributed by atoms with Crippen molar-refractivity contribution in [2.75, 3.05) is 0 Å². The fourth-order valence-electron chi connectivity index (χ4n) is 3.79. The summed E-state index contributed by atoms with van der Waals surface area (Å²) in [6.07, 6.45) is 3.91. The third-order valence-electron chi connectivity index (χ3n) is 5.04. The molecule has 0 heterocycles. The number of benzene rings is 3. The molecule has 0 amide bonds. The van der Waals surface area contributed by atoms with Crippen molar-refractivity contribution in [1.29, 1.82) is 0 Å². The minimum absolute atomic E-state index is 0.0943. The van der Waals surface area contributed by atoms with Crippen molar-refractivity contribution in [3.05, 3.63) is 82.1 Å². The summed E-state index contributed by atoms with van der Waals surface area (Å²) < 4.78 is 15.2. The van der Waals surface area contributed by atoms with Gasteiger partial charge >= 0.3 is 0 Å². The van der Waals surface area contributed by atoms with Crippen molar-refractivity contribution in [3.8, 4) is 22.3 Å². The van der Waals surface area contributed by atoms with E-state index in [-0.39, 0.29) is 5.82 Å². The molecule has 126 valence electrons. The van der Waals surface area contributed by atoms with Gasteiger partial charge in [0.15, 0.2) is 0 Å². The fraction of sp³-hybridized carbons (Fsp3) is 0.217. The van der Waals surface area contributed by atoms with Crippen molar-refractivity contribution in [2.24, 2.45) is 0 Å². The van der Waals surface area contributed by atoms with Gasteiger partial charge in [0.25, 0.3) is 0 Å². The van der Waals surface area contributed by atoms with E-state index in [9.17, 15) is 0 Å². The van der Waals surface area contributed by atoms with Crippen molar-refractivity contribution >= 4 is 11.6 Å². The van der Waals surface area contributed by atoms with Crippen molar-refractivity contribution in [3.63, 3.8) is 0 Å². The molecule has 0 N–H and O–H groups in total. The number of rotatable bonds is 3. The van der Waals surface area contributed by atoms with Crippen LogP contribution in [0.1, 0.15) is 30.0 Å². The highest BCUT2D eigenvalue weighted by Crippen LogP contribution is 2.38. The molecule has 0 saturated carbocycles. The van der Waals surface area contributed by atoms with Crippen LogP contribution in [-0.4, -0.2) is 0 Å². The SMILES string of the molecule is CCCc1ccc2c(c1)CCc1c-2ccc(-c2ccc(Cl)cc2)c1F. The number of hydrogen-bond donors (Lipinski definition) is 0. The van der Waals surface area contributed by atoms with Gasteiger partial charge in [-0.3, -0.25) is 0 Å². The Morgan fingerprint density at radius 3 is 2.36 bits per heavy atom. The molecule has 0 aliphatic heterocycles. The Kier molecular flexibility index (Phi) is 4.35. The van der Waals surface area contributed by atoms with E-state index in [1.54, 1.807) is 12.1 Å². The molecule has 0 fully saturated rings. The Bertz CT molecular complexity index is 926. The first-order valence-corrected chi connectivity index (χ1v) is 9.24.